The minimum absolute atomic E-state index is 0.0123. The van der Waals surface area contributed by atoms with E-state index < -0.39 is 0 Å². The summed E-state index contributed by atoms with van der Waals surface area (Å²) in [6.45, 7) is 1.96. The molecule has 0 bridgehead atoms. The van der Waals surface area contributed by atoms with Gasteiger partial charge >= 0.3 is 0 Å². The third-order valence-corrected chi connectivity index (χ3v) is 3.95. The Bertz CT molecular complexity index is 922. The van der Waals surface area contributed by atoms with Crippen LogP contribution in [0.4, 0.5) is 5.69 Å². The van der Waals surface area contributed by atoms with Gasteiger partial charge in [0.25, 0.3) is 0 Å². The number of pyridine rings is 1. The molecule has 0 aliphatic heterocycles. The molecule has 0 unspecified atom stereocenters. The van der Waals surface area contributed by atoms with E-state index >= 15 is 0 Å². The van der Waals surface area contributed by atoms with Gasteiger partial charge in [0.05, 0.1) is 7.11 Å². The van der Waals surface area contributed by atoms with Gasteiger partial charge in [-0.05, 0) is 36.8 Å². The lowest BCUT2D eigenvalue weighted by atomic mass is 9.98. The summed E-state index contributed by atoms with van der Waals surface area (Å²) in [7, 11) is 3.13. The summed E-state index contributed by atoms with van der Waals surface area (Å²) in [6, 6.07) is 15.6. The van der Waals surface area contributed by atoms with E-state index in [-0.39, 0.29) is 12.5 Å². The number of fused-ring (bicyclic) bond motifs is 1. The molecule has 1 amide bonds. The van der Waals surface area contributed by atoms with Gasteiger partial charge in [-0.1, -0.05) is 24.3 Å². The van der Waals surface area contributed by atoms with Gasteiger partial charge in [0.1, 0.15) is 17.9 Å². The molecule has 3 rings (SSSR count). The van der Waals surface area contributed by atoms with Crippen LogP contribution in [-0.4, -0.2) is 31.7 Å². The Labute approximate surface area is 146 Å². The van der Waals surface area contributed by atoms with Crippen LogP contribution in [0.1, 0.15) is 5.69 Å². The fraction of sp³-hybridized carbons (Fsp3) is 0.200. The van der Waals surface area contributed by atoms with Gasteiger partial charge in [-0.15, -0.1) is 0 Å². The Morgan fingerprint density at radius 2 is 1.84 bits per heavy atom. The number of para-hydroxylation sites is 1. The van der Waals surface area contributed by atoms with Crippen molar-refractivity contribution in [3.8, 4) is 16.9 Å². The molecule has 5 heteroatoms. The van der Waals surface area contributed by atoms with Crippen molar-refractivity contribution in [2.45, 2.75) is 6.92 Å². The molecule has 1 N–H and O–H groups in total. The highest BCUT2D eigenvalue weighted by atomic mass is 16.5. The molecule has 0 aliphatic rings. The van der Waals surface area contributed by atoms with Crippen LogP contribution in [0.2, 0.25) is 0 Å². The fourth-order valence-electron chi connectivity index (χ4n) is 2.83. The lowest BCUT2D eigenvalue weighted by Crippen LogP contribution is -2.17. The summed E-state index contributed by atoms with van der Waals surface area (Å²) in [5.41, 5.74) is 4.36. The zero-order valence-electron chi connectivity index (χ0n) is 14.5. The lowest BCUT2D eigenvalue weighted by Gasteiger charge is -2.14. The molecule has 0 aliphatic carbocycles. The molecule has 0 fully saturated rings. The number of benzene rings is 2. The molecular weight excluding hydrogens is 316 g/mol. The first-order valence-electron chi connectivity index (χ1n) is 7.96. The van der Waals surface area contributed by atoms with E-state index in [0.29, 0.717) is 0 Å². The van der Waals surface area contributed by atoms with Gasteiger partial charge in [0.15, 0.2) is 0 Å². The number of anilines is 1. The number of nitrogens with zero attached hydrogens (tertiary/aromatic N) is 1. The van der Waals surface area contributed by atoms with Gasteiger partial charge in [-0.25, -0.2) is 4.98 Å². The number of amides is 1. The van der Waals surface area contributed by atoms with E-state index in [1.54, 1.807) is 7.11 Å². The number of hydrogen-bond donors (Lipinski definition) is 1. The fourth-order valence-corrected chi connectivity index (χ4v) is 2.83. The zero-order chi connectivity index (χ0) is 17.8. The predicted octanol–water partition coefficient (Wildman–Crippen LogP) is 3.80. The van der Waals surface area contributed by atoms with E-state index in [0.717, 1.165) is 39.2 Å². The monoisotopic (exact) mass is 336 g/mol. The van der Waals surface area contributed by atoms with Gasteiger partial charge in [0, 0.05) is 29.4 Å². The second kappa shape index (κ2) is 7.32. The highest BCUT2D eigenvalue weighted by molar-refractivity contribution is 6.03. The van der Waals surface area contributed by atoms with E-state index in [9.17, 15) is 4.79 Å². The molecule has 25 heavy (non-hydrogen) atoms. The quantitative estimate of drug-likeness (QED) is 0.770. The topological polar surface area (TPSA) is 60.5 Å². The van der Waals surface area contributed by atoms with Crippen molar-refractivity contribution in [1.29, 1.82) is 0 Å². The van der Waals surface area contributed by atoms with Gasteiger partial charge in [0.2, 0.25) is 5.91 Å². The number of ether oxygens (including phenoxy) is 2. The molecular formula is C20H20N2O3. The first kappa shape index (κ1) is 16.9. The van der Waals surface area contributed by atoms with E-state index in [1.165, 1.54) is 7.11 Å². The second-order valence-corrected chi connectivity index (χ2v) is 5.69. The minimum atomic E-state index is -0.193. The third kappa shape index (κ3) is 3.46. The van der Waals surface area contributed by atoms with E-state index in [4.69, 9.17) is 9.47 Å². The number of aryl methyl sites for hydroxylation is 1. The molecule has 5 nitrogen and oxygen atoms in total. The Morgan fingerprint density at radius 1 is 1.04 bits per heavy atom. The van der Waals surface area contributed by atoms with Crippen LogP contribution >= 0.6 is 0 Å². The van der Waals surface area contributed by atoms with Crippen LogP contribution in [0.25, 0.3) is 22.0 Å². The standard InChI is InChI=1S/C20H20N2O3/c1-13-8-9-16-14(10-11-18(25-3)20(16)21-13)15-6-4-5-7-17(15)22-19(23)12-24-2/h4-11H,12H2,1-3H3,(H,22,23). The Kier molecular flexibility index (Phi) is 4.95. The second-order valence-electron chi connectivity index (χ2n) is 5.69. The average molecular weight is 336 g/mol. The number of aromatic nitrogens is 1. The number of carbonyl (C=O) groups is 1. The summed E-state index contributed by atoms with van der Waals surface area (Å²) < 4.78 is 10.3. The molecule has 3 aromatic rings. The SMILES string of the molecule is COCC(=O)Nc1ccccc1-c1ccc(OC)c2nc(C)ccc12. The van der Waals surface area contributed by atoms with Crippen LogP contribution in [-0.2, 0) is 9.53 Å². The molecule has 2 aromatic carbocycles. The van der Waals surface area contributed by atoms with Crippen LogP contribution in [0.15, 0.2) is 48.5 Å². The highest BCUT2D eigenvalue weighted by Crippen LogP contribution is 2.36. The summed E-state index contributed by atoms with van der Waals surface area (Å²) in [5, 5.41) is 3.87. The Morgan fingerprint density at radius 3 is 2.60 bits per heavy atom. The molecule has 128 valence electrons. The summed E-state index contributed by atoms with van der Waals surface area (Å²) in [4.78, 5) is 16.6. The molecule has 1 heterocycles. The molecule has 0 saturated heterocycles. The molecule has 1 aromatic heterocycles. The third-order valence-electron chi connectivity index (χ3n) is 3.95. The van der Waals surface area contributed by atoms with Crippen LogP contribution < -0.4 is 10.1 Å². The maximum absolute atomic E-state index is 11.9. The maximum Gasteiger partial charge on any atom is 0.250 e. The zero-order valence-corrected chi connectivity index (χ0v) is 14.5. The van der Waals surface area contributed by atoms with E-state index in [2.05, 4.69) is 10.3 Å². The van der Waals surface area contributed by atoms with Crippen molar-refractivity contribution in [3.63, 3.8) is 0 Å². The summed E-state index contributed by atoms with van der Waals surface area (Å²) in [5.74, 6) is 0.532. The predicted molar refractivity (Wildman–Crippen MR) is 99.0 cm³/mol. The first-order valence-corrected chi connectivity index (χ1v) is 7.96. The van der Waals surface area contributed by atoms with Crippen molar-refractivity contribution in [2.75, 3.05) is 26.1 Å². The largest absolute Gasteiger partial charge is 0.494 e. The number of rotatable bonds is 5. The Balaban J connectivity index is 2.16. The van der Waals surface area contributed by atoms with Gasteiger partial charge < -0.3 is 14.8 Å². The number of methoxy groups -OCH3 is 2. The van der Waals surface area contributed by atoms with Crippen molar-refractivity contribution in [2.24, 2.45) is 0 Å². The van der Waals surface area contributed by atoms with Gasteiger partial charge in [-0.2, -0.15) is 0 Å². The van der Waals surface area contributed by atoms with Crippen molar-refractivity contribution in [3.05, 3.63) is 54.2 Å². The van der Waals surface area contributed by atoms with Crippen LogP contribution in [0.3, 0.4) is 0 Å². The molecule has 0 atom stereocenters. The minimum Gasteiger partial charge on any atom is -0.494 e. The number of hydrogen-bond acceptors (Lipinski definition) is 4. The smallest absolute Gasteiger partial charge is 0.250 e. The molecule has 0 spiro atoms. The highest BCUT2D eigenvalue weighted by Gasteiger charge is 2.14. The normalized spacial score (nSPS) is 10.7. The average Bonchev–Trinajstić information content (AvgIpc) is 2.61. The van der Waals surface area contributed by atoms with Gasteiger partial charge in [-0.3, -0.25) is 4.79 Å². The lowest BCUT2D eigenvalue weighted by molar-refractivity contribution is -0.119. The van der Waals surface area contributed by atoms with Crippen molar-refractivity contribution in [1.82, 2.24) is 4.98 Å². The number of nitrogens with one attached hydrogen (secondary N) is 1. The Hall–Kier alpha value is -2.92. The van der Waals surface area contributed by atoms with E-state index in [1.807, 2.05) is 55.5 Å². The summed E-state index contributed by atoms with van der Waals surface area (Å²) >= 11 is 0. The van der Waals surface area contributed by atoms with Crippen molar-refractivity contribution >= 4 is 22.5 Å². The number of carbonyl (C=O) groups excluding carboxylic acids is 1. The summed E-state index contributed by atoms with van der Waals surface area (Å²) in [6.07, 6.45) is 0. The molecule has 0 radical (unpaired) electrons. The first-order chi connectivity index (χ1) is 12.1. The van der Waals surface area contributed by atoms with Crippen LogP contribution in [0, 0.1) is 6.92 Å². The van der Waals surface area contributed by atoms with Crippen LogP contribution in [0.5, 0.6) is 5.75 Å². The maximum atomic E-state index is 11.9. The molecule has 0 saturated carbocycles. The van der Waals surface area contributed by atoms with Crippen molar-refractivity contribution < 1.29 is 14.3 Å².